The third-order valence-corrected chi connectivity index (χ3v) is 4.46. The molecule has 0 radical (unpaired) electrons. The van der Waals surface area contributed by atoms with E-state index in [1.165, 1.54) is 19.7 Å². The summed E-state index contributed by atoms with van der Waals surface area (Å²) < 4.78 is 10.1. The number of nitrogens with one attached hydrogen (secondary N) is 1. The maximum Gasteiger partial charge on any atom is 0.412 e. The van der Waals surface area contributed by atoms with Crippen molar-refractivity contribution < 1.29 is 19.1 Å². The fraction of sp³-hybridized carbons (Fsp3) is 0.350. The fourth-order valence-electron chi connectivity index (χ4n) is 3.12. The van der Waals surface area contributed by atoms with Crippen molar-refractivity contribution in [1.82, 2.24) is 10.3 Å². The highest BCUT2D eigenvalue weighted by molar-refractivity contribution is 5.90. The van der Waals surface area contributed by atoms with Gasteiger partial charge in [0.15, 0.2) is 0 Å². The van der Waals surface area contributed by atoms with E-state index >= 15 is 0 Å². The smallest absolute Gasteiger partial charge is 0.412 e. The second kappa shape index (κ2) is 8.47. The van der Waals surface area contributed by atoms with Crippen LogP contribution in [0, 0.1) is 0 Å². The first-order valence-electron chi connectivity index (χ1n) is 8.78. The van der Waals surface area contributed by atoms with Crippen molar-refractivity contribution >= 4 is 12.1 Å². The van der Waals surface area contributed by atoms with Gasteiger partial charge >= 0.3 is 12.1 Å². The Hall–Kier alpha value is -2.89. The van der Waals surface area contributed by atoms with Gasteiger partial charge in [0.05, 0.1) is 12.7 Å². The predicted octanol–water partition coefficient (Wildman–Crippen LogP) is 3.96. The summed E-state index contributed by atoms with van der Waals surface area (Å²) in [6.07, 6.45) is 8.18. The van der Waals surface area contributed by atoms with Crippen molar-refractivity contribution in [2.24, 2.45) is 0 Å². The van der Waals surface area contributed by atoms with Crippen LogP contribution in [0.5, 0.6) is 5.75 Å². The molecule has 0 bridgehead atoms. The first-order chi connectivity index (χ1) is 12.7. The molecule has 1 amide bonds. The number of hydrogen-bond acceptors (Lipinski definition) is 5. The minimum Gasteiger partial charge on any atom is -0.465 e. The van der Waals surface area contributed by atoms with E-state index in [1.807, 2.05) is 6.07 Å². The van der Waals surface area contributed by atoms with Gasteiger partial charge in [0.2, 0.25) is 0 Å². The van der Waals surface area contributed by atoms with Crippen LogP contribution in [-0.2, 0) is 4.74 Å². The first kappa shape index (κ1) is 17.9. The average Bonchev–Trinajstić information content (AvgIpc) is 2.68. The van der Waals surface area contributed by atoms with Crippen LogP contribution in [0.4, 0.5) is 4.79 Å². The zero-order valence-electron chi connectivity index (χ0n) is 14.7. The number of ether oxygens (including phenoxy) is 2. The summed E-state index contributed by atoms with van der Waals surface area (Å²) in [5.41, 5.74) is 1.91. The molecule has 1 heterocycles. The van der Waals surface area contributed by atoms with Gasteiger partial charge in [-0.2, -0.15) is 0 Å². The molecule has 1 aliphatic rings. The molecule has 2 aromatic rings. The van der Waals surface area contributed by atoms with Crippen molar-refractivity contribution in [3.8, 4) is 16.9 Å². The summed E-state index contributed by atoms with van der Waals surface area (Å²) in [4.78, 5) is 27.8. The molecule has 1 aromatic heterocycles. The molecule has 6 heteroatoms. The molecule has 1 fully saturated rings. The molecule has 0 unspecified atom stereocenters. The number of methoxy groups -OCH3 is 1. The lowest BCUT2D eigenvalue weighted by Gasteiger charge is -2.22. The number of rotatable bonds is 4. The summed E-state index contributed by atoms with van der Waals surface area (Å²) in [5.74, 6) is -0.00195. The van der Waals surface area contributed by atoms with Crippen molar-refractivity contribution in [1.29, 1.82) is 0 Å². The predicted molar refractivity (Wildman–Crippen MR) is 97.0 cm³/mol. The lowest BCUT2D eigenvalue weighted by Crippen LogP contribution is -2.37. The van der Waals surface area contributed by atoms with E-state index in [0.717, 1.165) is 36.8 Å². The number of carbonyl (C=O) groups excluding carboxylic acids is 2. The van der Waals surface area contributed by atoms with Crippen LogP contribution in [0.3, 0.4) is 0 Å². The molecule has 1 aromatic carbocycles. The Bertz CT molecular complexity index is 785. The van der Waals surface area contributed by atoms with Crippen molar-refractivity contribution in [3.05, 3.63) is 48.3 Å². The Morgan fingerprint density at radius 3 is 2.65 bits per heavy atom. The van der Waals surface area contributed by atoms with E-state index < -0.39 is 12.1 Å². The Morgan fingerprint density at radius 2 is 1.88 bits per heavy atom. The van der Waals surface area contributed by atoms with E-state index in [9.17, 15) is 9.59 Å². The Kier molecular flexibility index (Phi) is 5.84. The van der Waals surface area contributed by atoms with E-state index in [1.54, 1.807) is 30.5 Å². The molecule has 0 spiro atoms. The molecule has 0 aliphatic heterocycles. The van der Waals surface area contributed by atoms with Crippen LogP contribution in [0.25, 0.3) is 11.1 Å². The zero-order chi connectivity index (χ0) is 18.4. The summed E-state index contributed by atoms with van der Waals surface area (Å²) in [7, 11) is 1.33. The van der Waals surface area contributed by atoms with Gasteiger partial charge in [-0.1, -0.05) is 31.4 Å². The van der Waals surface area contributed by atoms with E-state index in [2.05, 4.69) is 10.3 Å². The number of benzene rings is 1. The molecule has 6 nitrogen and oxygen atoms in total. The van der Waals surface area contributed by atoms with E-state index in [4.69, 9.17) is 9.47 Å². The van der Waals surface area contributed by atoms with Crippen LogP contribution in [-0.4, -0.2) is 30.2 Å². The van der Waals surface area contributed by atoms with Gasteiger partial charge in [-0.3, -0.25) is 4.98 Å². The third-order valence-electron chi connectivity index (χ3n) is 4.46. The van der Waals surface area contributed by atoms with Crippen molar-refractivity contribution in [3.63, 3.8) is 0 Å². The molecule has 1 saturated carbocycles. The van der Waals surface area contributed by atoms with Crippen LogP contribution in [0.2, 0.25) is 0 Å². The maximum atomic E-state index is 12.1. The maximum absolute atomic E-state index is 12.1. The number of hydrogen-bond donors (Lipinski definition) is 1. The number of amides is 1. The van der Waals surface area contributed by atoms with Crippen molar-refractivity contribution in [2.75, 3.05) is 7.11 Å². The molecule has 1 aliphatic carbocycles. The highest BCUT2D eigenvalue weighted by atomic mass is 16.6. The van der Waals surface area contributed by atoms with Gasteiger partial charge in [0.1, 0.15) is 5.75 Å². The quantitative estimate of drug-likeness (QED) is 0.841. The summed E-state index contributed by atoms with van der Waals surface area (Å²) >= 11 is 0. The van der Waals surface area contributed by atoms with Crippen LogP contribution >= 0.6 is 0 Å². The highest BCUT2D eigenvalue weighted by Gasteiger charge is 2.17. The standard InChI is InChI=1S/C20H22N2O4/c1-25-19(23)16-10-15(12-21-13-16)14-6-5-9-18(11-14)26-20(24)22-17-7-3-2-4-8-17/h5-6,9-13,17H,2-4,7-8H2,1H3,(H,22,24). The minimum absolute atomic E-state index is 0.195. The Labute approximate surface area is 152 Å². The second-order valence-corrected chi connectivity index (χ2v) is 6.35. The van der Waals surface area contributed by atoms with E-state index in [-0.39, 0.29) is 6.04 Å². The topological polar surface area (TPSA) is 77.5 Å². The van der Waals surface area contributed by atoms with E-state index in [0.29, 0.717) is 11.3 Å². The highest BCUT2D eigenvalue weighted by Crippen LogP contribution is 2.24. The number of esters is 1. The van der Waals surface area contributed by atoms with Crippen molar-refractivity contribution in [2.45, 2.75) is 38.1 Å². The normalized spacial score (nSPS) is 14.5. The van der Waals surface area contributed by atoms with Crippen LogP contribution in [0.15, 0.2) is 42.7 Å². The van der Waals surface area contributed by atoms with Crippen LogP contribution < -0.4 is 10.1 Å². The number of aromatic nitrogens is 1. The molecule has 0 saturated heterocycles. The fourth-order valence-corrected chi connectivity index (χ4v) is 3.12. The summed E-state index contributed by atoms with van der Waals surface area (Å²) in [6.45, 7) is 0. The van der Waals surface area contributed by atoms with Gasteiger partial charge in [0.25, 0.3) is 0 Å². The van der Waals surface area contributed by atoms with Gasteiger partial charge in [-0.15, -0.1) is 0 Å². The average molecular weight is 354 g/mol. The summed E-state index contributed by atoms with van der Waals surface area (Å²) in [6, 6.07) is 9.02. The molecule has 3 rings (SSSR count). The SMILES string of the molecule is COC(=O)c1cncc(-c2cccc(OC(=O)NC3CCCCC3)c2)c1. The number of nitrogens with zero attached hydrogens (tertiary/aromatic N) is 1. The van der Waals surface area contributed by atoms with Gasteiger partial charge in [0, 0.05) is 24.0 Å². The van der Waals surface area contributed by atoms with Gasteiger partial charge < -0.3 is 14.8 Å². The molecule has 136 valence electrons. The number of carbonyl (C=O) groups is 2. The lowest BCUT2D eigenvalue weighted by molar-refractivity contribution is 0.0600. The molecule has 0 atom stereocenters. The monoisotopic (exact) mass is 354 g/mol. The molecule has 1 N–H and O–H groups in total. The minimum atomic E-state index is -0.446. The molecular formula is C20H22N2O4. The zero-order valence-corrected chi connectivity index (χ0v) is 14.7. The molecule has 26 heavy (non-hydrogen) atoms. The third kappa shape index (κ3) is 4.59. The van der Waals surface area contributed by atoms with Gasteiger partial charge in [-0.25, -0.2) is 9.59 Å². The largest absolute Gasteiger partial charge is 0.465 e. The summed E-state index contributed by atoms with van der Waals surface area (Å²) in [5, 5.41) is 2.92. The second-order valence-electron chi connectivity index (χ2n) is 6.35. The van der Waals surface area contributed by atoms with Gasteiger partial charge in [-0.05, 0) is 36.6 Å². The lowest BCUT2D eigenvalue weighted by atomic mass is 9.96. The van der Waals surface area contributed by atoms with Crippen LogP contribution in [0.1, 0.15) is 42.5 Å². The first-order valence-corrected chi connectivity index (χ1v) is 8.78. The Morgan fingerprint density at radius 1 is 1.08 bits per heavy atom. The molecular weight excluding hydrogens is 332 g/mol. The Balaban J connectivity index is 1.70. The number of pyridine rings is 1.